The van der Waals surface area contributed by atoms with Gasteiger partial charge in [-0.1, -0.05) is 6.07 Å². The number of carbonyl (C=O) groups is 3. The molecule has 1 atom stereocenters. The van der Waals surface area contributed by atoms with E-state index in [0.717, 1.165) is 16.7 Å². The fourth-order valence-electron chi connectivity index (χ4n) is 8.01. The average molecular weight is 761 g/mol. The lowest BCUT2D eigenvalue weighted by Gasteiger charge is -2.37. The summed E-state index contributed by atoms with van der Waals surface area (Å²) in [5.41, 5.74) is 3.74. The van der Waals surface area contributed by atoms with E-state index in [-0.39, 0.29) is 41.8 Å². The van der Waals surface area contributed by atoms with Crippen LogP contribution in [0.2, 0.25) is 0 Å². The van der Waals surface area contributed by atoms with Gasteiger partial charge in [0.1, 0.15) is 23.1 Å². The Balaban J connectivity index is 0.926. The number of methoxy groups -OCH3 is 2. The van der Waals surface area contributed by atoms with Crippen molar-refractivity contribution in [2.45, 2.75) is 50.6 Å². The van der Waals surface area contributed by atoms with E-state index in [0.29, 0.717) is 98.7 Å². The normalized spacial score (nSPS) is 18.9. The second kappa shape index (κ2) is 16.2. The number of benzene rings is 2. The number of pyridine rings is 1. The number of nitrogens with one attached hydrogen (secondary N) is 3. The number of fused-ring (bicyclic) bond motifs is 1. The second-order valence-electron chi connectivity index (χ2n) is 14.5. The number of piperidine rings is 2. The van der Waals surface area contributed by atoms with Crippen LogP contribution in [-0.4, -0.2) is 113 Å². The lowest BCUT2D eigenvalue weighted by atomic mass is 9.86. The Kier molecular flexibility index (Phi) is 11.2. The van der Waals surface area contributed by atoms with Crippen LogP contribution in [0.4, 0.5) is 14.5 Å². The molecule has 55 heavy (non-hydrogen) atoms. The summed E-state index contributed by atoms with van der Waals surface area (Å²) in [6.45, 7) is 4.57. The molecule has 2 aromatic heterocycles. The molecule has 3 amide bonds. The first-order valence-electron chi connectivity index (χ1n) is 18.6. The largest absolute Gasteiger partial charge is 0.496 e. The Hall–Kier alpha value is -5.35. The number of piperazine rings is 1. The molecule has 0 spiro atoms. The van der Waals surface area contributed by atoms with Crippen LogP contribution < -0.4 is 25.7 Å². The molecule has 3 aliphatic heterocycles. The van der Waals surface area contributed by atoms with Crippen molar-refractivity contribution in [2.75, 3.05) is 65.3 Å². The number of ether oxygens (including phenoxy) is 2. The van der Waals surface area contributed by atoms with Gasteiger partial charge in [-0.25, -0.2) is 8.78 Å². The first kappa shape index (κ1) is 37.9. The summed E-state index contributed by atoms with van der Waals surface area (Å²) in [6, 6.07) is 8.07. The molecule has 0 bridgehead atoms. The molecule has 4 aromatic rings. The van der Waals surface area contributed by atoms with Crippen LogP contribution in [0.3, 0.4) is 0 Å². The highest BCUT2D eigenvalue weighted by Gasteiger charge is 2.30. The van der Waals surface area contributed by atoms with E-state index in [2.05, 4.69) is 30.6 Å². The smallest absolute Gasteiger partial charge is 0.276 e. The van der Waals surface area contributed by atoms with Crippen molar-refractivity contribution in [1.29, 1.82) is 0 Å². The summed E-state index contributed by atoms with van der Waals surface area (Å²) >= 11 is 0. The zero-order valence-corrected chi connectivity index (χ0v) is 31.2. The highest BCUT2D eigenvalue weighted by molar-refractivity contribution is 6.01. The van der Waals surface area contributed by atoms with Crippen LogP contribution in [0.25, 0.3) is 22.0 Å². The van der Waals surface area contributed by atoms with Gasteiger partial charge in [-0.3, -0.25) is 39.4 Å². The summed E-state index contributed by atoms with van der Waals surface area (Å²) in [5, 5.41) is 12.9. The van der Waals surface area contributed by atoms with Gasteiger partial charge in [-0.05, 0) is 73.7 Å². The van der Waals surface area contributed by atoms with Crippen molar-refractivity contribution in [3.05, 3.63) is 69.8 Å². The Morgan fingerprint density at radius 3 is 2.33 bits per heavy atom. The number of aromatic nitrogens is 3. The van der Waals surface area contributed by atoms with Crippen LogP contribution in [0.5, 0.6) is 11.5 Å². The first-order valence-corrected chi connectivity index (χ1v) is 18.6. The van der Waals surface area contributed by atoms with Gasteiger partial charge in [-0.15, -0.1) is 0 Å². The first-order chi connectivity index (χ1) is 26.5. The van der Waals surface area contributed by atoms with Gasteiger partial charge in [0.25, 0.3) is 12.0 Å². The molecule has 0 radical (unpaired) electrons. The van der Waals surface area contributed by atoms with Gasteiger partial charge < -0.3 is 24.3 Å². The van der Waals surface area contributed by atoms with Crippen molar-refractivity contribution in [1.82, 2.24) is 34.8 Å². The molecule has 3 aliphatic rings. The number of H-pyrrole nitrogens is 1. The average Bonchev–Trinajstić information content (AvgIpc) is 3.68. The van der Waals surface area contributed by atoms with Crippen molar-refractivity contribution in [3.63, 3.8) is 0 Å². The molecule has 2 aromatic carbocycles. The molecule has 3 fully saturated rings. The van der Waals surface area contributed by atoms with E-state index in [1.54, 1.807) is 45.8 Å². The monoisotopic (exact) mass is 760 g/mol. The highest BCUT2D eigenvalue weighted by Crippen LogP contribution is 2.39. The molecule has 5 heterocycles. The van der Waals surface area contributed by atoms with E-state index >= 15 is 0 Å². The Morgan fingerprint density at radius 2 is 1.67 bits per heavy atom. The van der Waals surface area contributed by atoms with E-state index in [1.807, 2.05) is 17.0 Å². The summed E-state index contributed by atoms with van der Waals surface area (Å²) in [7, 11) is 4.93. The van der Waals surface area contributed by atoms with Gasteiger partial charge >= 0.3 is 0 Å². The number of aromatic amines is 1. The molecule has 16 heteroatoms. The number of carbonyl (C=O) groups excluding carboxylic acids is 3. The molecule has 7 rings (SSSR count). The number of aryl methyl sites for hydroxylation is 1. The third kappa shape index (κ3) is 8.05. The van der Waals surface area contributed by atoms with Crippen LogP contribution in [-0.2, 0) is 28.0 Å². The van der Waals surface area contributed by atoms with Crippen molar-refractivity contribution in [2.24, 2.45) is 7.05 Å². The number of alkyl halides is 2. The minimum absolute atomic E-state index is 0.0533. The molecule has 1 unspecified atom stereocenters. The number of nitrogens with zero attached hydrogens (tertiary/aromatic N) is 5. The highest BCUT2D eigenvalue weighted by atomic mass is 19.3. The molecule has 0 saturated carbocycles. The van der Waals surface area contributed by atoms with E-state index in [9.17, 15) is 28.0 Å². The number of hydrogen-bond donors (Lipinski definition) is 3. The van der Waals surface area contributed by atoms with Crippen molar-refractivity contribution < 1.29 is 32.6 Å². The third-order valence-corrected chi connectivity index (χ3v) is 11.1. The Bertz CT molecular complexity index is 2110. The zero-order valence-electron chi connectivity index (χ0n) is 31.2. The van der Waals surface area contributed by atoms with E-state index in [4.69, 9.17) is 9.47 Å². The van der Waals surface area contributed by atoms with Crippen molar-refractivity contribution in [3.8, 4) is 22.6 Å². The Morgan fingerprint density at radius 1 is 0.964 bits per heavy atom. The third-order valence-electron chi connectivity index (χ3n) is 11.1. The number of rotatable bonds is 11. The SMILES string of the molecule is COc1cc(-c2cn(C)c(=O)c3[nH]ncc23)cc(OC)c1CN1CCN(C(=O)CN2CCC(c3ccc(NC4CCC(=O)NC4=O)cc3C(F)F)CC2)CC1. The molecule has 14 nitrogen and oxygen atoms in total. The van der Waals surface area contributed by atoms with Gasteiger partial charge in [0.15, 0.2) is 0 Å². The summed E-state index contributed by atoms with van der Waals surface area (Å²) < 4.78 is 41.7. The number of hydrogen-bond acceptors (Lipinski definition) is 10. The number of halogens is 2. The second-order valence-corrected chi connectivity index (χ2v) is 14.5. The number of likely N-dealkylation sites (tertiary alicyclic amines) is 1. The molecular weight excluding hydrogens is 714 g/mol. The lowest BCUT2D eigenvalue weighted by molar-refractivity contribution is -0.135. The maximum Gasteiger partial charge on any atom is 0.276 e. The van der Waals surface area contributed by atoms with Gasteiger partial charge in [-0.2, -0.15) is 5.10 Å². The number of anilines is 1. The van der Waals surface area contributed by atoms with E-state index in [1.165, 1.54) is 10.6 Å². The molecule has 3 saturated heterocycles. The Labute approximate surface area is 316 Å². The molecule has 0 aliphatic carbocycles. The predicted octanol–water partition coefficient (Wildman–Crippen LogP) is 3.62. The predicted molar refractivity (Wildman–Crippen MR) is 201 cm³/mol. The zero-order chi connectivity index (χ0) is 38.8. The number of amides is 3. The van der Waals surface area contributed by atoms with Gasteiger partial charge in [0.05, 0.1) is 32.5 Å². The molecular formula is C39H46F2N8O6. The maximum absolute atomic E-state index is 14.2. The van der Waals surface area contributed by atoms with Crippen LogP contribution in [0.15, 0.2) is 47.5 Å². The van der Waals surface area contributed by atoms with Crippen molar-refractivity contribution >= 4 is 34.3 Å². The topological polar surface area (TPSA) is 154 Å². The minimum Gasteiger partial charge on any atom is -0.496 e. The number of imide groups is 1. The summed E-state index contributed by atoms with van der Waals surface area (Å²) in [6.07, 6.45) is 2.54. The van der Waals surface area contributed by atoms with E-state index < -0.39 is 18.4 Å². The minimum atomic E-state index is -2.68. The van der Waals surface area contributed by atoms with Crippen LogP contribution >= 0.6 is 0 Å². The maximum atomic E-state index is 14.2. The quantitative estimate of drug-likeness (QED) is 0.193. The summed E-state index contributed by atoms with van der Waals surface area (Å²) in [4.78, 5) is 55.9. The molecule has 292 valence electrons. The standard InChI is InChI=1S/C39H46F2N8O6/c1-46-20-29(28-19-42-45-36(28)39(46)53)24-16-32(54-2)30(33(17-24)55-3)21-48-12-14-49(15-13-48)35(51)22-47-10-8-23(9-11-47)26-5-4-25(18-27(26)37(40)41)43-31-6-7-34(50)44-38(31)52/h4-5,16-20,23,31,37,43H,6-15,21-22H2,1-3H3,(H,42,45)(H,44,50,52). The fourth-order valence-corrected chi connectivity index (χ4v) is 8.01. The molecule has 3 N–H and O–H groups in total. The van der Waals surface area contributed by atoms with Gasteiger partial charge in [0.2, 0.25) is 17.7 Å². The lowest BCUT2D eigenvalue weighted by Crippen LogP contribution is -2.51. The summed E-state index contributed by atoms with van der Waals surface area (Å²) in [5.74, 6) is 0.503. The van der Waals surface area contributed by atoms with Crippen LogP contribution in [0, 0.1) is 0 Å². The van der Waals surface area contributed by atoms with Gasteiger partial charge in [0, 0.05) is 74.6 Å². The fraction of sp³-hybridized carbons (Fsp3) is 0.462. The van der Waals surface area contributed by atoms with Crippen LogP contribution in [0.1, 0.15) is 54.7 Å².